The average molecular weight is 522 g/mol. The maximum absolute atomic E-state index is 13.9. The molecule has 1 aromatic heterocycles. The van der Waals surface area contributed by atoms with Gasteiger partial charge in [-0.3, -0.25) is 19.5 Å². The lowest BCUT2D eigenvalue weighted by atomic mass is 10.1. The molecule has 5 rings (SSSR count). The number of nitrogens with zero attached hydrogens (tertiary/aromatic N) is 1. The highest BCUT2D eigenvalue weighted by Crippen LogP contribution is 2.28. The SMILES string of the molecule is O=C(Nc1n[nH]c2ccc(Nc3c(NCCc4cccc(F)c4F)c(=O)c3=O)cc12)c1cccc(Cl)c1. The number of nitrogens with one attached hydrogen (secondary N) is 4. The minimum Gasteiger partial charge on any atom is -0.380 e. The number of hydrogen-bond donors (Lipinski definition) is 4. The van der Waals surface area contributed by atoms with E-state index in [4.69, 9.17) is 11.6 Å². The predicted octanol–water partition coefficient (Wildman–Crippen LogP) is 4.74. The van der Waals surface area contributed by atoms with Crippen LogP contribution in [0.2, 0.25) is 5.02 Å². The summed E-state index contributed by atoms with van der Waals surface area (Å²) >= 11 is 5.96. The molecule has 0 bridgehead atoms. The van der Waals surface area contributed by atoms with Crippen molar-refractivity contribution in [3.05, 3.63) is 109 Å². The molecule has 1 heterocycles. The molecule has 11 heteroatoms. The third-order valence-electron chi connectivity index (χ3n) is 5.79. The van der Waals surface area contributed by atoms with Crippen molar-refractivity contribution in [1.29, 1.82) is 0 Å². The number of anilines is 4. The minimum absolute atomic E-state index is 0.0528. The van der Waals surface area contributed by atoms with E-state index < -0.39 is 28.4 Å². The Morgan fingerprint density at radius 1 is 0.973 bits per heavy atom. The number of halogens is 3. The van der Waals surface area contributed by atoms with E-state index in [0.717, 1.165) is 6.07 Å². The van der Waals surface area contributed by atoms with Crippen LogP contribution in [0.3, 0.4) is 0 Å². The highest BCUT2D eigenvalue weighted by Gasteiger charge is 2.21. The number of aromatic nitrogens is 2. The van der Waals surface area contributed by atoms with E-state index >= 15 is 0 Å². The third kappa shape index (κ3) is 4.78. The molecule has 0 saturated heterocycles. The van der Waals surface area contributed by atoms with Gasteiger partial charge >= 0.3 is 0 Å². The number of carbonyl (C=O) groups is 1. The summed E-state index contributed by atoms with van der Waals surface area (Å²) in [4.78, 5) is 36.9. The summed E-state index contributed by atoms with van der Waals surface area (Å²) in [6.07, 6.45) is 0.110. The number of aromatic amines is 1. The average Bonchev–Trinajstić information content (AvgIpc) is 3.29. The van der Waals surface area contributed by atoms with Gasteiger partial charge in [-0.25, -0.2) is 8.78 Å². The second-order valence-electron chi connectivity index (χ2n) is 8.22. The van der Waals surface area contributed by atoms with Gasteiger partial charge in [0.15, 0.2) is 17.5 Å². The van der Waals surface area contributed by atoms with E-state index in [-0.39, 0.29) is 35.7 Å². The van der Waals surface area contributed by atoms with Gasteiger partial charge in [-0.05, 0) is 54.4 Å². The normalized spacial score (nSPS) is 11.1. The van der Waals surface area contributed by atoms with Crippen LogP contribution >= 0.6 is 11.6 Å². The molecule has 0 fully saturated rings. The number of amides is 1. The van der Waals surface area contributed by atoms with Crippen molar-refractivity contribution in [2.45, 2.75) is 6.42 Å². The summed E-state index contributed by atoms with van der Waals surface area (Å²) in [6.45, 7) is 0.111. The van der Waals surface area contributed by atoms with Gasteiger partial charge in [0.05, 0.1) is 5.52 Å². The van der Waals surface area contributed by atoms with E-state index in [1.165, 1.54) is 18.2 Å². The zero-order valence-electron chi connectivity index (χ0n) is 19.0. The Hall–Kier alpha value is -4.57. The summed E-state index contributed by atoms with van der Waals surface area (Å²) in [5.74, 6) is -2.03. The van der Waals surface area contributed by atoms with Gasteiger partial charge in [0.25, 0.3) is 16.8 Å². The van der Waals surface area contributed by atoms with Crippen molar-refractivity contribution in [3.8, 4) is 0 Å². The molecule has 4 aromatic carbocycles. The van der Waals surface area contributed by atoms with Crippen LogP contribution in [-0.2, 0) is 6.42 Å². The number of carbonyl (C=O) groups excluding carboxylic acids is 1. The maximum atomic E-state index is 13.9. The van der Waals surface area contributed by atoms with Crippen molar-refractivity contribution >= 4 is 51.3 Å². The molecule has 5 aromatic rings. The zero-order valence-corrected chi connectivity index (χ0v) is 19.7. The standard InChI is InChI=1S/C26H18ClF2N5O3/c27-15-5-1-4-14(11-15)26(37)32-25-17-12-16(7-8-19(17)33-34-25)31-22-21(23(35)24(22)36)30-10-9-13-3-2-6-18(28)20(13)29/h1-8,11-12,30-31H,9-10H2,(H2,32,33,34,37). The monoisotopic (exact) mass is 521 g/mol. The van der Waals surface area contributed by atoms with E-state index in [2.05, 4.69) is 26.1 Å². The summed E-state index contributed by atoms with van der Waals surface area (Å²) < 4.78 is 27.3. The Morgan fingerprint density at radius 2 is 1.76 bits per heavy atom. The van der Waals surface area contributed by atoms with Gasteiger partial charge in [0.2, 0.25) is 0 Å². The van der Waals surface area contributed by atoms with Gasteiger partial charge in [0.1, 0.15) is 11.4 Å². The van der Waals surface area contributed by atoms with Gasteiger partial charge in [-0.15, -0.1) is 0 Å². The van der Waals surface area contributed by atoms with Crippen molar-refractivity contribution in [1.82, 2.24) is 10.2 Å². The Balaban J connectivity index is 1.32. The predicted molar refractivity (Wildman–Crippen MR) is 139 cm³/mol. The van der Waals surface area contributed by atoms with Crippen LogP contribution in [0.5, 0.6) is 0 Å². The van der Waals surface area contributed by atoms with E-state index in [0.29, 0.717) is 27.2 Å². The molecule has 0 aliphatic carbocycles. The third-order valence-corrected chi connectivity index (χ3v) is 6.02. The number of fused-ring (bicyclic) bond motifs is 1. The fourth-order valence-electron chi connectivity index (χ4n) is 3.88. The van der Waals surface area contributed by atoms with Gasteiger partial charge in [-0.2, -0.15) is 5.10 Å². The molecule has 8 nitrogen and oxygen atoms in total. The summed E-state index contributed by atoms with van der Waals surface area (Å²) in [7, 11) is 0. The number of benzene rings is 3. The molecule has 4 N–H and O–H groups in total. The number of rotatable bonds is 8. The fourth-order valence-corrected chi connectivity index (χ4v) is 4.07. The topological polar surface area (TPSA) is 116 Å². The molecule has 37 heavy (non-hydrogen) atoms. The van der Waals surface area contributed by atoms with Gasteiger partial charge in [0, 0.05) is 28.2 Å². The van der Waals surface area contributed by atoms with Crippen LogP contribution in [0.4, 0.5) is 31.7 Å². The van der Waals surface area contributed by atoms with Crippen LogP contribution in [0.1, 0.15) is 15.9 Å². The minimum atomic E-state index is -0.952. The maximum Gasteiger partial charge on any atom is 0.256 e. The molecule has 1 amide bonds. The van der Waals surface area contributed by atoms with Crippen LogP contribution in [0, 0.1) is 11.6 Å². The molecule has 0 unspecified atom stereocenters. The molecule has 0 aliphatic heterocycles. The van der Waals surface area contributed by atoms with Crippen LogP contribution in [0.15, 0.2) is 70.3 Å². The first-order valence-corrected chi connectivity index (χ1v) is 11.5. The molecular weight excluding hydrogens is 504 g/mol. The fraction of sp³-hybridized carbons (Fsp3) is 0.0769. The van der Waals surface area contributed by atoms with E-state index in [1.807, 2.05) is 0 Å². The Morgan fingerprint density at radius 3 is 2.57 bits per heavy atom. The lowest BCUT2D eigenvalue weighted by Gasteiger charge is -2.15. The first-order chi connectivity index (χ1) is 17.8. The Kier molecular flexibility index (Phi) is 6.41. The largest absolute Gasteiger partial charge is 0.380 e. The van der Waals surface area contributed by atoms with Crippen molar-refractivity contribution in [2.75, 3.05) is 22.5 Å². The molecular formula is C26H18ClF2N5O3. The van der Waals surface area contributed by atoms with Crippen LogP contribution in [-0.4, -0.2) is 22.6 Å². The molecule has 0 radical (unpaired) electrons. The van der Waals surface area contributed by atoms with Crippen molar-refractivity contribution in [2.24, 2.45) is 0 Å². The number of H-pyrrole nitrogens is 1. The molecule has 0 spiro atoms. The lowest BCUT2D eigenvalue weighted by Crippen LogP contribution is -2.37. The van der Waals surface area contributed by atoms with Gasteiger partial charge in [-0.1, -0.05) is 29.8 Å². The summed E-state index contributed by atoms with van der Waals surface area (Å²) in [5.41, 5.74) is 0.308. The second-order valence-corrected chi connectivity index (χ2v) is 8.66. The second kappa shape index (κ2) is 9.82. The molecule has 0 saturated carbocycles. The van der Waals surface area contributed by atoms with Crippen molar-refractivity contribution in [3.63, 3.8) is 0 Å². The highest BCUT2D eigenvalue weighted by atomic mass is 35.5. The Bertz CT molecular complexity index is 1730. The first-order valence-electron chi connectivity index (χ1n) is 11.1. The van der Waals surface area contributed by atoms with Crippen molar-refractivity contribution < 1.29 is 13.6 Å². The zero-order chi connectivity index (χ0) is 26.1. The summed E-state index contributed by atoms with van der Waals surface area (Å²) in [6, 6.07) is 15.4. The van der Waals surface area contributed by atoms with Gasteiger partial charge < -0.3 is 16.0 Å². The smallest absolute Gasteiger partial charge is 0.256 e. The van der Waals surface area contributed by atoms with Crippen LogP contribution in [0.25, 0.3) is 10.9 Å². The van der Waals surface area contributed by atoms with Crippen LogP contribution < -0.4 is 26.8 Å². The summed E-state index contributed by atoms with van der Waals surface area (Å²) in [5, 5.41) is 16.4. The Labute approximate surface area is 213 Å². The van der Waals surface area contributed by atoms with E-state index in [9.17, 15) is 23.2 Å². The quantitative estimate of drug-likeness (QED) is 0.219. The molecule has 0 aliphatic rings. The molecule has 0 atom stereocenters. The first kappa shape index (κ1) is 24.1. The number of hydrogen-bond acceptors (Lipinski definition) is 6. The lowest BCUT2D eigenvalue weighted by molar-refractivity contribution is 0.102. The molecule has 186 valence electrons. The highest BCUT2D eigenvalue weighted by molar-refractivity contribution is 6.31. The van der Waals surface area contributed by atoms with E-state index in [1.54, 1.807) is 36.4 Å².